The number of aliphatic hydroxyl groups excluding tert-OH is 1. The molecule has 0 saturated carbocycles. The summed E-state index contributed by atoms with van der Waals surface area (Å²) in [5.74, 6) is -0.118. The number of nitrogens with one attached hydrogen (secondary N) is 1. The van der Waals surface area contributed by atoms with Crippen molar-refractivity contribution in [2.24, 2.45) is 0 Å². The minimum Gasteiger partial charge on any atom is -0.388 e. The fourth-order valence-electron chi connectivity index (χ4n) is 5.07. The van der Waals surface area contributed by atoms with Crippen molar-refractivity contribution >= 4 is 10.9 Å². The lowest BCUT2D eigenvalue weighted by Crippen LogP contribution is -2.34. The quantitative estimate of drug-likeness (QED) is 0.359. The predicted molar refractivity (Wildman–Crippen MR) is 128 cm³/mol. The maximum Gasteiger partial charge on any atom is 0.123 e. The lowest BCUT2D eigenvalue weighted by molar-refractivity contribution is 0.131. The van der Waals surface area contributed by atoms with Crippen molar-refractivity contribution in [2.75, 3.05) is 19.6 Å². The number of aromatic nitrogens is 1. The standard InChI is InChI=1S/C28H28F2N2O/c29-21-6-8-23(24(16-21)19-4-2-1-3-5-19)20-10-13-32(14-11-20)15-12-28(33)26-18-31-27-9-7-22(30)17-25(26)27/h1-9,16-18,20,28,31,33H,10-15H2. The van der Waals surface area contributed by atoms with Crippen molar-refractivity contribution in [3.63, 3.8) is 0 Å². The Kier molecular flexibility index (Phi) is 6.25. The molecule has 0 amide bonds. The van der Waals surface area contributed by atoms with Crippen LogP contribution in [0.3, 0.4) is 0 Å². The molecule has 1 unspecified atom stereocenters. The molecule has 5 heteroatoms. The van der Waals surface area contributed by atoms with Crippen LogP contribution in [0.25, 0.3) is 22.0 Å². The Bertz CT molecular complexity index is 1230. The molecule has 0 aliphatic carbocycles. The van der Waals surface area contributed by atoms with Crippen molar-refractivity contribution < 1.29 is 13.9 Å². The zero-order valence-electron chi connectivity index (χ0n) is 18.5. The fraction of sp³-hybridized carbons (Fsp3) is 0.286. The third-order valence-electron chi connectivity index (χ3n) is 6.88. The van der Waals surface area contributed by atoms with Crippen LogP contribution in [0, 0.1) is 11.6 Å². The van der Waals surface area contributed by atoms with Gasteiger partial charge in [-0.15, -0.1) is 0 Å². The van der Waals surface area contributed by atoms with Crippen LogP contribution in [0.1, 0.15) is 42.4 Å². The second-order valence-electron chi connectivity index (χ2n) is 8.95. The van der Waals surface area contributed by atoms with Gasteiger partial charge < -0.3 is 15.0 Å². The normalized spacial score (nSPS) is 16.3. The van der Waals surface area contributed by atoms with Crippen LogP contribution in [0.4, 0.5) is 8.78 Å². The molecule has 170 valence electrons. The lowest BCUT2D eigenvalue weighted by atomic mass is 9.84. The van der Waals surface area contributed by atoms with Gasteiger partial charge in [0, 0.05) is 29.2 Å². The molecule has 0 bridgehead atoms. The second-order valence-corrected chi connectivity index (χ2v) is 8.95. The number of aromatic amines is 1. The molecular formula is C28H28F2N2O. The molecule has 3 nitrogen and oxygen atoms in total. The molecule has 33 heavy (non-hydrogen) atoms. The number of hydrogen-bond donors (Lipinski definition) is 2. The molecule has 1 aliphatic heterocycles. The van der Waals surface area contributed by atoms with E-state index in [1.165, 1.54) is 17.7 Å². The summed E-state index contributed by atoms with van der Waals surface area (Å²) in [6.07, 6.45) is 3.74. The first-order chi connectivity index (χ1) is 16.1. The maximum absolute atomic E-state index is 14.0. The summed E-state index contributed by atoms with van der Waals surface area (Å²) < 4.78 is 27.7. The van der Waals surface area contributed by atoms with E-state index in [1.807, 2.05) is 36.4 Å². The van der Waals surface area contributed by atoms with Crippen molar-refractivity contribution in [3.8, 4) is 11.1 Å². The minimum absolute atomic E-state index is 0.207. The molecule has 1 saturated heterocycles. The first-order valence-corrected chi connectivity index (χ1v) is 11.6. The van der Waals surface area contributed by atoms with Gasteiger partial charge in [-0.3, -0.25) is 0 Å². The minimum atomic E-state index is -0.639. The maximum atomic E-state index is 14.0. The molecule has 0 spiro atoms. The van der Waals surface area contributed by atoms with Crippen LogP contribution >= 0.6 is 0 Å². The number of nitrogens with zero attached hydrogens (tertiary/aromatic N) is 1. The monoisotopic (exact) mass is 446 g/mol. The number of benzene rings is 3. The van der Waals surface area contributed by atoms with Gasteiger partial charge in [-0.2, -0.15) is 0 Å². The number of hydrogen-bond acceptors (Lipinski definition) is 2. The molecule has 2 N–H and O–H groups in total. The molecule has 5 rings (SSSR count). The average molecular weight is 447 g/mol. The summed E-state index contributed by atoms with van der Waals surface area (Å²) in [4.78, 5) is 5.49. The van der Waals surface area contributed by atoms with E-state index < -0.39 is 6.10 Å². The van der Waals surface area contributed by atoms with Crippen molar-refractivity contribution in [1.82, 2.24) is 9.88 Å². The van der Waals surface area contributed by atoms with E-state index in [-0.39, 0.29) is 11.6 Å². The Morgan fingerprint density at radius 2 is 1.67 bits per heavy atom. The Balaban J connectivity index is 1.22. The molecule has 4 aromatic rings. The van der Waals surface area contributed by atoms with Gasteiger partial charge in [0.2, 0.25) is 0 Å². The third kappa shape index (κ3) is 4.70. The summed E-state index contributed by atoms with van der Waals surface area (Å²) in [5.41, 5.74) is 4.82. The molecule has 2 heterocycles. The molecule has 1 aromatic heterocycles. The summed E-state index contributed by atoms with van der Waals surface area (Å²) >= 11 is 0. The molecule has 0 radical (unpaired) electrons. The number of halogens is 2. The summed E-state index contributed by atoms with van der Waals surface area (Å²) in [7, 11) is 0. The number of piperidine rings is 1. The number of H-pyrrole nitrogens is 1. The topological polar surface area (TPSA) is 39.3 Å². The van der Waals surface area contributed by atoms with E-state index >= 15 is 0 Å². The second kappa shape index (κ2) is 9.46. The smallest absolute Gasteiger partial charge is 0.123 e. The Morgan fingerprint density at radius 1 is 0.939 bits per heavy atom. The third-order valence-corrected chi connectivity index (χ3v) is 6.88. The van der Waals surface area contributed by atoms with E-state index in [0.717, 1.165) is 60.1 Å². The highest BCUT2D eigenvalue weighted by Gasteiger charge is 2.24. The Morgan fingerprint density at radius 3 is 2.45 bits per heavy atom. The van der Waals surface area contributed by atoms with Crippen molar-refractivity contribution in [2.45, 2.75) is 31.3 Å². The van der Waals surface area contributed by atoms with Gasteiger partial charge in [0.15, 0.2) is 0 Å². The highest BCUT2D eigenvalue weighted by molar-refractivity contribution is 5.83. The van der Waals surface area contributed by atoms with Gasteiger partial charge in [-0.1, -0.05) is 36.4 Å². The van der Waals surface area contributed by atoms with E-state index in [1.54, 1.807) is 24.4 Å². The summed E-state index contributed by atoms with van der Waals surface area (Å²) in [6, 6.07) is 19.8. The number of fused-ring (bicyclic) bond motifs is 1. The van der Waals surface area contributed by atoms with Gasteiger partial charge in [-0.05, 0) is 85.3 Å². The van der Waals surface area contributed by atoms with Crippen LogP contribution in [0.5, 0.6) is 0 Å². The Hall–Kier alpha value is -3.02. The molecule has 3 aromatic carbocycles. The van der Waals surface area contributed by atoms with E-state index in [9.17, 15) is 13.9 Å². The SMILES string of the molecule is OC(CCN1CCC(c2ccc(F)cc2-c2ccccc2)CC1)c1c[nH]c2ccc(F)cc12. The number of aliphatic hydroxyl groups is 1. The van der Waals surface area contributed by atoms with Crippen LogP contribution in [-0.4, -0.2) is 34.6 Å². The number of likely N-dealkylation sites (tertiary alicyclic amines) is 1. The summed E-state index contributed by atoms with van der Waals surface area (Å²) in [6.45, 7) is 2.65. The molecule has 1 fully saturated rings. The van der Waals surface area contributed by atoms with E-state index in [0.29, 0.717) is 12.3 Å². The van der Waals surface area contributed by atoms with E-state index in [4.69, 9.17) is 0 Å². The average Bonchev–Trinajstić information content (AvgIpc) is 3.26. The molecule has 1 atom stereocenters. The fourth-order valence-corrected chi connectivity index (χ4v) is 5.07. The van der Waals surface area contributed by atoms with Crippen molar-refractivity contribution in [1.29, 1.82) is 0 Å². The largest absolute Gasteiger partial charge is 0.388 e. The van der Waals surface area contributed by atoms with Gasteiger partial charge in [-0.25, -0.2) is 8.78 Å². The van der Waals surface area contributed by atoms with Crippen LogP contribution < -0.4 is 0 Å². The van der Waals surface area contributed by atoms with Crippen LogP contribution in [0.15, 0.2) is 72.9 Å². The lowest BCUT2D eigenvalue weighted by Gasteiger charge is -2.33. The molecular weight excluding hydrogens is 418 g/mol. The van der Waals surface area contributed by atoms with Gasteiger partial charge in [0.05, 0.1) is 6.10 Å². The van der Waals surface area contributed by atoms with Crippen LogP contribution in [0.2, 0.25) is 0 Å². The zero-order valence-corrected chi connectivity index (χ0v) is 18.5. The highest BCUT2D eigenvalue weighted by Crippen LogP contribution is 2.36. The first kappa shape index (κ1) is 21.8. The number of rotatable bonds is 6. The van der Waals surface area contributed by atoms with Gasteiger partial charge in [0.25, 0.3) is 0 Å². The summed E-state index contributed by atoms with van der Waals surface area (Å²) in [5, 5.41) is 11.5. The zero-order chi connectivity index (χ0) is 22.8. The van der Waals surface area contributed by atoms with E-state index in [2.05, 4.69) is 9.88 Å². The highest BCUT2D eigenvalue weighted by atomic mass is 19.1. The van der Waals surface area contributed by atoms with Gasteiger partial charge in [0.1, 0.15) is 11.6 Å². The molecule has 1 aliphatic rings. The Labute approximate surface area is 192 Å². The van der Waals surface area contributed by atoms with Crippen molar-refractivity contribution in [3.05, 3.63) is 95.7 Å². The van der Waals surface area contributed by atoms with Crippen LogP contribution in [-0.2, 0) is 0 Å². The predicted octanol–water partition coefficient (Wildman–Crippen LogP) is 6.42. The van der Waals surface area contributed by atoms with Gasteiger partial charge >= 0.3 is 0 Å². The first-order valence-electron chi connectivity index (χ1n) is 11.6.